The number of hydrogen-bond donors (Lipinski definition) is 1. The van der Waals surface area contributed by atoms with Gasteiger partial charge in [-0.2, -0.15) is 0 Å². The average molecular weight is 333 g/mol. The van der Waals surface area contributed by atoms with E-state index in [1.165, 1.54) is 9.25 Å². The van der Waals surface area contributed by atoms with Crippen LogP contribution in [-0.4, -0.2) is 14.3 Å². The molecule has 5 nitrogen and oxygen atoms in total. The minimum absolute atomic E-state index is 0.0510. The van der Waals surface area contributed by atoms with Crippen LogP contribution in [0.2, 0.25) is 0 Å². The first-order valence-electron chi connectivity index (χ1n) is 8.26. The van der Waals surface area contributed by atoms with Crippen LogP contribution in [0.5, 0.6) is 0 Å². The van der Waals surface area contributed by atoms with E-state index in [2.05, 4.69) is 23.8 Å². The Kier molecular flexibility index (Phi) is 3.39. The third-order valence-electron chi connectivity index (χ3n) is 5.15. The molecule has 4 rings (SSSR count). The van der Waals surface area contributed by atoms with Gasteiger partial charge >= 0.3 is 11.4 Å². The zero-order valence-corrected chi connectivity index (χ0v) is 13.9. The maximum absolute atomic E-state index is 13.2. The van der Waals surface area contributed by atoms with E-state index in [1.807, 2.05) is 37.3 Å². The molecule has 0 amide bonds. The molecule has 5 heteroatoms. The molecular weight excluding hydrogens is 314 g/mol. The summed E-state index contributed by atoms with van der Waals surface area (Å²) in [5.74, 6) is -0.102. The Hall–Kier alpha value is -3.08. The number of allylic oxidation sites excluding steroid dienone is 7. The molecule has 0 aliphatic heterocycles. The van der Waals surface area contributed by atoms with Gasteiger partial charge < -0.3 is 0 Å². The van der Waals surface area contributed by atoms with Crippen LogP contribution in [0.1, 0.15) is 6.92 Å². The van der Waals surface area contributed by atoms with Crippen molar-refractivity contribution in [2.24, 2.45) is 11.8 Å². The second-order valence-corrected chi connectivity index (χ2v) is 6.52. The smallest absolute Gasteiger partial charge is 0.246 e. The van der Waals surface area contributed by atoms with Crippen molar-refractivity contribution in [2.45, 2.75) is 12.5 Å². The van der Waals surface area contributed by atoms with Crippen molar-refractivity contribution >= 4 is 0 Å². The Bertz CT molecular complexity index is 1010. The lowest BCUT2D eigenvalue weighted by atomic mass is 9.75. The van der Waals surface area contributed by atoms with Gasteiger partial charge in [0.2, 0.25) is 0 Å². The largest absolute Gasteiger partial charge is 0.352 e. The van der Waals surface area contributed by atoms with E-state index in [0.717, 1.165) is 5.57 Å². The van der Waals surface area contributed by atoms with Crippen molar-refractivity contribution in [3.8, 4) is 5.69 Å². The second-order valence-electron chi connectivity index (χ2n) is 6.52. The lowest BCUT2D eigenvalue weighted by Crippen LogP contribution is -2.49. The number of nitrogens with zero attached hydrogens (tertiary/aromatic N) is 2. The summed E-state index contributed by atoms with van der Waals surface area (Å²) in [6, 6.07) is 8.94. The minimum Gasteiger partial charge on any atom is -0.246 e. The molecule has 2 aliphatic carbocycles. The normalized spacial score (nSPS) is 26.8. The van der Waals surface area contributed by atoms with E-state index >= 15 is 0 Å². The topological polar surface area (TPSA) is 59.8 Å². The number of para-hydroxylation sites is 1. The van der Waals surface area contributed by atoms with E-state index in [1.54, 1.807) is 24.3 Å². The van der Waals surface area contributed by atoms with Crippen LogP contribution in [-0.2, 0) is 5.54 Å². The minimum atomic E-state index is -0.736. The third-order valence-corrected chi connectivity index (χ3v) is 5.15. The van der Waals surface area contributed by atoms with Gasteiger partial charge in [0.05, 0.1) is 5.69 Å². The van der Waals surface area contributed by atoms with Crippen molar-refractivity contribution in [3.63, 3.8) is 0 Å². The van der Waals surface area contributed by atoms with Crippen LogP contribution >= 0.6 is 0 Å². The van der Waals surface area contributed by atoms with E-state index in [-0.39, 0.29) is 17.5 Å². The molecule has 0 radical (unpaired) electrons. The summed E-state index contributed by atoms with van der Waals surface area (Å²) >= 11 is 0. The SMILES string of the molecule is C=C(C)C1(n2[nH]c(=O)n(-c3ccccc3)c2=O)[C@H]2C=CC=C[C@H]1C=C2. The molecule has 1 heterocycles. The molecule has 126 valence electrons. The van der Waals surface area contributed by atoms with Gasteiger partial charge in [0.1, 0.15) is 5.54 Å². The van der Waals surface area contributed by atoms with E-state index < -0.39 is 11.2 Å². The Balaban J connectivity index is 2.00. The molecule has 1 aromatic carbocycles. The number of rotatable bonds is 3. The highest BCUT2D eigenvalue weighted by Crippen LogP contribution is 2.47. The predicted octanol–water partition coefficient (Wildman–Crippen LogP) is 2.53. The lowest BCUT2D eigenvalue weighted by molar-refractivity contribution is 0.231. The van der Waals surface area contributed by atoms with Gasteiger partial charge in [-0.1, -0.05) is 66.8 Å². The molecule has 0 saturated heterocycles. The Morgan fingerprint density at radius 1 is 1.04 bits per heavy atom. The molecule has 0 saturated carbocycles. The van der Waals surface area contributed by atoms with Gasteiger partial charge in [-0.3, -0.25) is 0 Å². The van der Waals surface area contributed by atoms with Crippen molar-refractivity contribution in [1.29, 1.82) is 0 Å². The van der Waals surface area contributed by atoms with Crippen LogP contribution in [0.4, 0.5) is 0 Å². The number of nitrogens with one attached hydrogen (secondary N) is 1. The zero-order valence-electron chi connectivity index (χ0n) is 13.9. The molecule has 0 unspecified atom stereocenters. The third kappa shape index (κ3) is 2.02. The highest BCUT2D eigenvalue weighted by atomic mass is 16.2. The van der Waals surface area contributed by atoms with E-state index in [4.69, 9.17) is 0 Å². The quantitative estimate of drug-likeness (QED) is 0.878. The molecular formula is C20H19N3O2. The standard InChI is InChI=1S/C20H19N3O2/c1-14(2)20(15-8-6-7-9-16(20)13-12-15)23-19(25)22(18(24)21-23)17-10-4-3-5-11-17/h3-13,15-16H,1H2,2H3,(H,21,24)/t15-,16-/m0/s1. The molecule has 2 aliphatic rings. The number of benzene rings is 1. The second kappa shape index (κ2) is 5.48. The molecule has 0 fully saturated rings. The highest BCUT2D eigenvalue weighted by Gasteiger charge is 2.50. The van der Waals surface area contributed by atoms with E-state index in [0.29, 0.717) is 5.69 Å². The Morgan fingerprint density at radius 3 is 2.20 bits per heavy atom. The average Bonchev–Trinajstić information content (AvgIpc) is 3.00. The molecule has 2 aromatic rings. The monoisotopic (exact) mass is 333 g/mol. The van der Waals surface area contributed by atoms with Crippen molar-refractivity contribution < 1.29 is 0 Å². The first kappa shape index (κ1) is 15.4. The molecule has 1 aromatic heterocycles. The summed E-state index contributed by atoms with van der Waals surface area (Å²) < 4.78 is 2.63. The van der Waals surface area contributed by atoms with Gasteiger partial charge in [-0.05, 0) is 19.1 Å². The van der Waals surface area contributed by atoms with Crippen molar-refractivity contribution in [1.82, 2.24) is 14.3 Å². The van der Waals surface area contributed by atoms with Crippen LogP contribution in [0.15, 0.2) is 88.5 Å². The number of aromatic amines is 1. The van der Waals surface area contributed by atoms with Crippen LogP contribution in [0.25, 0.3) is 5.69 Å². The summed E-state index contributed by atoms with van der Waals surface area (Å²) in [4.78, 5) is 25.8. The van der Waals surface area contributed by atoms with E-state index in [9.17, 15) is 9.59 Å². The van der Waals surface area contributed by atoms with Crippen LogP contribution in [0, 0.1) is 11.8 Å². The number of H-pyrrole nitrogens is 1. The Labute approximate surface area is 144 Å². The van der Waals surface area contributed by atoms with Crippen LogP contribution in [0.3, 0.4) is 0 Å². The van der Waals surface area contributed by atoms with Gasteiger partial charge in [-0.15, -0.1) is 0 Å². The fourth-order valence-corrected chi connectivity index (χ4v) is 4.04. The zero-order chi connectivity index (χ0) is 17.6. The summed E-state index contributed by atoms with van der Waals surface area (Å²) in [7, 11) is 0. The van der Waals surface area contributed by atoms with Crippen molar-refractivity contribution in [2.75, 3.05) is 0 Å². The maximum atomic E-state index is 13.2. The molecule has 2 bridgehead atoms. The highest BCUT2D eigenvalue weighted by molar-refractivity contribution is 5.38. The number of aromatic nitrogens is 3. The van der Waals surface area contributed by atoms with Gasteiger partial charge in [0.15, 0.2) is 0 Å². The first-order chi connectivity index (χ1) is 12.1. The number of fused-ring (bicyclic) bond motifs is 2. The van der Waals surface area contributed by atoms with Gasteiger partial charge in [0, 0.05) is 11.8 Å². The summed E-state index contributed by atoms with van der Waals surface area (Å²) in [5, 5.41) is 2.77. The summed E-state index contributed by atoms with van der Waals surface area (Å²) in [6.45, 7) is 6.07. The fraction of sp³-hybridized carbons (Fsp3) is 0.200. The molecule has 0 spiro atoms. The predicted molar refractivity (Wildman–Crippen MR) is 97.8 cm³/mol. The Morgan fingerprint density at radius 2 is 1.64 bits per heavy atom. The van der Waals surface area contributed by atoms with Gasteiger partial charge in [0.25, 0.3) is 0 Å². The summed E-state index contributed by atoms with van der Waals surface area (Å²) in [6.07, 6.45) is 12.2. The van der Waals surface area contributed by atoms with Crippen molar-refractivity contribution in [3.05, 3.63) is 99.9 Å². The maximum Gasteiger partial charge on any atom is 0.352 e. The fourth-order valence-electron chi connectivity index (χ4n) is 4.04. The molecule has 2 atom stereocenters. The van der Waals surface area contributed by atoms with Crippen LogP contribution < -0.4 is 11.4 Å². The molecule has 25 heavy (non-hydrogen) atoms. The lowest BCUT2D eigenvalue weighted by Gasteiger charge is -2.38. The molecule has 1 N–H and O–H groups in total. The number of hydrogen-bond acceptors (Lipinski definition) is 2. The van der Waals surface area contributed by atoms with Gasteiger partial charge in [-0.25, -0.2) is 23.9 Å². The first-order valence-corrected chi connectivity index (χ1v) is 8.26. The summed E-state index contributed by atoms with van der Waals surface area (Å²) in [5.41, 5.74) is -0.202.